The lowest BCUT2D eigenvalue weighted by Crippen LogP contribution is -1.84. The number of fused-ring (bicyclic) bond motifs is 1. The first-order valence-corrected chi connectivity index (χ1v) is 5.11. The minimum atomic E-state index is 0.141. The fraction of sp³-hybridized carbons (Fsp3) is 0.0769. The van der Waals surface area contributed by atoms with E-state index in [4.69, 9.17) is 11.6 Å². The van der Waals surface area contributed by atoms with E-state index < -0.39 is 0 Å². The van der Waals surface area contributed by atoms with Gasteiger partial charge >= 0.3 is 0 Å². The third-order valence-corrected chi connectivity index (χ3v) is 2.53. The van der Waals surface area contributed by atoms with E-state index in [1.807, 2.05) is 42.5 Å². The van der Waals surface area contributed by atoms with E-state index in [2.05, 4.69) is 0 Å². The third kappa shape index (κ3) is 1.97. The molecule has 15 heavy (non-hydrogen) atoms. The van der Waals surface area contributed by atoms with Crippen molar-refractivity contribution in [1.82, 2.24) is 0 Å². The van der Waals surface area contributed by atoms with E-state index in [1.165, 1.54) is 0 Å². The summed E-state index contributed by atoms with van der Waals surface area (Å²) in [4.78, 5) is 0. The van der Waals surface area contributed by atoms with Crippen molar-refractivity contribution in [1.29, 1.82) is 0 Å². The Labute approximate surface area is 93.6 Å². The zero-order chi connectivity index (χ0) is 10.8. The normalized spacial score (nSPS) is 12.7. The minimum absolute atomic E-state index is 0.141. The molecule has 0 aliphatic rings. The molecule has 0 aliphatic carbocycles. The van der Waals surface area contributed by atoms with Gasteiger partial charge in [-0.1, -0.05) is 48.0 Å². The van der Waals surface area contributed by atoms with Crippen molar-refractivity contribution < 1.29 is 5.11 Å². The Morgan fingerprint density at radius 2 is 1.73 bits per heavy atom. The predicted molar refractivity (Wildman–Crippen MR) is 65.0 cm³/mol. The Balaban J connectivity index is 2.62. The Morgan fingerprint density at radius 1 is 1.07 bits per heavy atom. The molecule has 0 unspecified atom stereocenters. The molecular formula is C13H11ClO. The van der Waals surface area contributed by atoms with Crippen molar-refractivity contribution in [2.45, 2.75) is 6.92 Å². The molecule has 0 spiro atoms. The number of rotatable bonds is 1. The highest BCUT2D eigenvalue weighted by molar-refractivity contribution is 6.31. The molecule has 1 nitrogen and oxygen atoms in total. The van der Waals surface area contributed by atoms with Crippen LogP contribution >= 0.6 is 11.6 Å². The van der Waals surface area contributed by atoms with Crippen molar-refractivity contribution >= 4 is 28.1 Å². The molecule has 2 aromatic rings. The zero-order valence-corrected chi connectivity index (χ0v) is 9.12. The molecule has 0 atom stereocenters. The van der Waals surface area contributed by atoms with Gasteiger partial charge in [0.05, 0.1) is 5.03 Å². The summed E-state index contributed by atoms with van der Waals surface area (Å²) in [6, 6.07) is 13.8. The van der Waals surface area contributed by atoms with E-state index in [1.54, 1.807) is 6.92 Å². The summed E-state index contributed by atoms with van der Waals surface area (Å²) in [5, 5.41) is 12.4. The van der Waals surface area contributed by atoms with E-state index >= 15 is 0 Å². The van der Waals surface area contributed by atoms with Crippen LogP contribution in [0, 0.1) is 0 Å². The summed E-state index contributed by atoms with van der Waals surface area (Å²) >= 11 is 5.74. The van der Waals surface area contributed by atoms with Crippen molar-refractivity contribution in [2.24, 2.45) is 0 Å². The maximum absolute atomic E-state index is 9.70. The lowest BCUT2D eigenvalue weighted by Gasteiger charge is -2.03. The molecule has 1 N–H and O–H groups in total. The van der Waals surface area contributed by atoms with Gasteiger partial charge in [0.25, 0.3) is 0 Å². The average Bonchev–Trinajstić information content (AvgIpc) is 2.27. The predicted octanol–water partition coefficient (Wildman–Crippen LogP) is 4.33. The van der Waals surface area contributed by atoms with Crippen LogP contribution in [-0.4, -0.2) is 5.11 Å². The highest BCUT2D eigenvalue weighted by Gasteiger charge is 2.02. The van der Waals surface area contributed by atoms with Gasteiger partial charge in [-0.15, -0.1) is 0 Å². The molecule has 2 aromatic carbocycles. The smallest absolute Gasteiger partial charge is 0.136 e. The molecular weight excluding hydrogens is 208 g/mol. The van der Waals surface area contributed by atoms with Gasteiger partial charge in [0, 0.05) is 5.56 Å². The monoisotopic (exact) mass is 218 g/mol. The second kappa shape index (κ2) is 3.95. The first-order valence-electron chi connectivity index (χ1n) is 4.73. The zero-order valence-electron chi connectivity index (χ0n) is 8.37. The molecule has 0 amide bonds. The second-order valence-corrected chi connectivity index (χ2v) is 4.01. The van der Waals surface area contributed by atoms with Crippen LogP contribution in [0.2, 0.25) is 0 Å². The van der Waals surface area contributed by atoms with Crippen molar-refractivity contribution in [3.05, 3.63) is 53.1 Å². The maximum Gasteiger partial charge on any atom is 0.136 e. The highest BCUT2D eigenvalue weighted by atomic mass is 35.5. The summed E-state index contributed by atoms with van der Waals surface area (Å²) in [6.45, 7) is 1.67. The van der Waals surface area contributed by atoms with Gasteiger partial charge in [0.15, 0.2) is 0 Å². The van der Waals surface area contributed by atoms with Crippen LogP contribution in [0.25, 0.3) is 16.5 Å². The number of hydrogen-bond acceptors (Lipinski definition) is 1. The first kappa shape index (κ1) is 10.1. The summed E-state index contributed by atoms with van der Waals surface area (Å²) in [5.74, 6) is 0.141. The van der Waals surface area contributed by atoms with Crippen LogP contribution in [0.3, 0.4) is 0 Å². The van der Waals surface area contributed by atoms with Gasteiger partial charge in [-0.3, -0.25) is 0 Å². The number of allylic oxidation sites excluding steroid dienone is 1. The summed E-state index contributed by atoms with van der Waals surface area (Å²) in [6.07, 6.45) is 0. The molecule has 0 aromatic heterocycles. The van der Waals surface area contributed by atoms with Crippen molar-refractivity contribution in [2.75, 3.05) is 0 Å². The largest absolute Gasteiger partial charge is 0.506 e. The third-order valence-electron chi connectivity index (χ3n) is 2.35. The molecule has 0 heterocycles. The molecule has 2 heteroatoms. The van der Waals surface area contributed by atoms with Crippen LogP contribution in [0.5, 0.6) is 0 Å². The summed E-state index contributed by atoms with van der Waals surface area (Å²) < 4.78 is 0. The molecule has 0 fully saturated rings. The summed E-state index contributed by atoms with van der Waals surface area (Å²) in [7, 11) is 0. The van der Waals surface area contributed by atoms with E-state index in [-0.39, 0.29) is 5.76 Å². The Morgan fingerprint density at radius 3 is 2.40 bits per heavy atom. The first-order chi connectivity index (χ1) is 7.18. The Hall–Kier alpha value is -1.47. The van der Waals surface area contributed by atoms with Gasteiger partial charge in [-0.05, 0) is 23.8 Å². The van der Waals surface area contributed by atoms with Crippen molar-refractivity contribution in [3.63, 3.8) is 0 Å². The van der Waals surface area contributed by atoms with Crippen LogP contribution in [-0.2, 0) is 0 Å². The maximum atomic E-state index is 9.70. The fourth-order valence-electron chi connectivity index (χ4n) is 1.54. The molecule has 0 radical (unpaired) electrons. The summed E-state index contributed by atoms with van der Waals surface area (Å²) in [5.41, 5.74) is 0.751. The number of benzene rings is 2. The van der Waals surface area contributed by atoms with Crippen LogP contribution in [0.1, 0.15) is 12.5 Å². The quantitative estimate of drug-likeness (QED) is 0.707. The van der Waals surface area contributed by atoms with E-state index in [0.717, 1.165) is 16.3 Å². The van der Waals surface area contributed by atoms with Gasteiger partial charge < -0.3 is 5.11 Å². The molecule has 2 rings (SSSR count). The van der Waals surface area contributed by atoms with E-state index in [0.29, 0.717) is 5.03 Å². The van der Waals surface area contributed by atoms with Crippen LogP contribution in [0.4, 0.5) is 0 Å². The highest BCUT2D eigenvalue weighted by Crippen LogP contribution is 2.22. The average molecular weight is 219 g/mol. The number of aliphatic hydroxyl groups excluding tert-OH is 1. The standard InChI is InChI=1S/C13H11ClO/c1-9(14)13(15)12-7-6-10-4-2-3-5-11(10)8-12/h2-8,15H,1H3/b13-9-. The van der Waals surface area contributed by atoms with Gasteiger partial charge in [0.2, 0.25) is 0 Å². The minimum Gasteiger partial charge on any atom is -0.506 e. The van der Waals surface area contributed by atoms with E-state index in [9.17, 15) is 5.11 Å². The molecule has 76 valence electrons. The number of hydrogen-bond donors (Lipinski definition) is 1. The lowest BCUT2D eigenvalue weighted by molar-refractivity contribution is 0.509. The Kier molecular flexibility index (Phi) is 2.65. The van der Waals surface area contributed by atoms with Crippen LogP contribution in [0.15, 0.2) is 47.5 Å². The molecule has 0 bridgehead atoms. The fourth-order valence-corrected chi connectivity index (χ4v) is 1.64. The second-order valence-electron chi connectivity index (χ2n) is 3.44. The number of aliphatic hydroxyl groups is 1. The van der Waals surface area contributed by atoms with Gasteiger partial charge in [-0.25, -0.2) is 0 Å². The topological polar surface area (TPSA) is 20.2 Å². The van der Waals surface area contributed by atoms with Crippen molar-refractivity contribution in [3.8, 4) is 0 Å². The van der Waals surface area contributed by atoms with Gasteiger partial charge in [0.1, 0.15) is 5.76 Å². The lowest BCUT2D eigenvalue weighted by atomic mass is 10.1. The number of halogens is 1. The van der Waals surface area contributed by atoms with Crippen LogP contribution < -0.4 is 0 Å². The molecule has 0 saturated carbocycles. The SMILES string of the molecule is C/C(Cl)=C(/O)c1ccc2ccccc2c1. The van der Waals surface area contributed by atoms with Gasteiger partial charge in [-0.2, -0.15) is 0 Å². The Bertz CT molecular complexity index is 525. The molecule has 0 saturated heterocycles. The molecule has 0 aliphatic heterocycles.